The van der Waals surface area contributed by atoms with Gasteiger partial charge in [0.15, 0.2) is 18.5 Å². The van der Waals surface area contributed by atoms with Crippen LogP contribution in [-0.2, 0) is 47.6 Å². The number of carbonyl (C=O) groups excluding carboxylic acids is 3. The molecule has 14 nitrogen and oxygen atoms in total. The maximum Gasteiger partial charge on any atom is 0.303 e. The molecule has 0 bridgehead atoms. The van der Waals surface area contributed by atoms with Crippen molar-refractivity contribution in [3.63, 3.8) is 0 Å². The number of ether oxygens (including phenoxy) is 4. The van der Waals surface area contributed by atoms with Gasteiger partial charge in [-0.15, -0.1) is 0 Å². The standard InChI is InChI=1S/C21H28N4O10S/c1-12-5-7-16(8-6-12)36(29,30)32-11-17-19(33-14(3)27)20(34-15(4)28)18(24-13(2)26)21(35-17)31-10-9-23-25-22/h5-8,17-21H,9-11H2,1-4H3,(H,24,26)/t17-,18-,19-,20-,21+/m1/s1. The summed E-state index contributed by atoms with van der Waals surface area (Å²) in [5, 5.41) is 5.88. The summed E-state index contributed by atoms with van der Waals surface area (Å²) in [5.41, 5.74) is 9.31. The molecule has 1 aromatic carbocycles. The van der Waals surface area contributed by atoms with Gasteiger partial charge in [-0.05, 0) is 24.6 Å². The summed E-state index contributed by atoms with van der Waals surface area (Å²) in [4.78, 5) is 38.1. The molecular weight excluding hydrogens is 500 g/mol. The van der Waals surface area contributed by atoms with Crippen molar-refractivity contribution in [1.82, 2.24) is 5.32 Å². The Hall–Kier alpha value is -3.23. The van der Waals surface area contributed by atoms with E-state index in [-0.39, 0.29) is 18.0 Å². The van der Waals surface area contributed by atoms with Gasteiger partial charge in [-0.25, -0.2) is 0 Å². The fourth-order valence-corrected chi connectivity index (χ4v) is 4.34. The molecule has 0 spiro atoms. The predicted octanol–water partition coefficient (Wildman–Crippen LogP) is 1.12. The van der Waals surface area contributed by atoms with E-state index >= 15 is 0 Å². The van der Waals surface area contributed by atoms with Gasteiger partial charge in [0.2, 0.25) is 5.91 Å². The molecule has 1 amide bonds. The van der Waals surface area contributed by atoms with Gasteiger partial charge in [0.05, 0.1) is 18.1 Å². The normalized spacial score (nSPS) is 23.7. The number of carbonyl (C=O) groups is 3. The highest BCUT2D eigenvalue weighted by Crippen LogP contribution is 2.28. The van der Waals surface area contributed by atoms with Crippen molar-refractivity contribution in [2.45, 2.75) is 63.2 Å². The van der Waals surface area contributed by atoms with Crippen LogP contribution >= 0.6 is 0 Å². The van der Waals surface area contributed by atoms with E-state index in [1.165, 1.54) is 19.1 Å². The number of nitrogens with one attached hydrogen (secondary N) is 1. The maximum atomic E-state index is 12.7. The van der Waals surface area contributed by atoms with Crippen LogP contribution in [0, 0.1) is 6.92 Å². The zero-order valence-corrected chi connectivity index (χ0v) is 21.0. The molecule has 0 saturated carbocycles. The molecule has 1 N–H and O–H groups in total. The van der Waals surface area contributed by atoms with Gasteiger partial charge in [-0.1, -0.05) is 22.8 Å². The minimum absolute atomic E-state index is 0.0856. The highest BCUT2D eigenvalue weighted by atomic mass is 32.2. The first-order valence-corrected chi connectivity index (χ1v) is 12.2. The molecule has 15 heteroatoms. The third kappa shape index (κ3) is 8.46. The Labute approximate surface area is 207 Å². The zero-order valence-electron chi connectivity index (χ0n) is 20.1. The molecule has 36 heavy (non-hydrogen) atoms. The van der Waals surface area contributed by atoms with E-state index in [4.69, 9.17) is 28.7 Å². The van der Waals surface area contributed by atoms with Crippen molar-refractivity contribution in [2.75, 3.05) is 19.8 Å². The molecule has 1 saturated heterocycles. The van der Waals surface area contributed by atoms with Crippen molar-refractivity contribution >= 4 is 28.0 Å². The first-order chi connectivity index (χ1) is 16.9. The first-order valence-electron chi connectivity index (χ1n) is 10.8. The average molecular weight is 529 g/mol. The number of benzene rings is 1. The molecule has 1 heterocycles. The molecule has 198 valence electrons. The Morgan fingerprint density at radius 3 is 2.25 bits per heavy atom. The van der Waals surface area contributed by atoms with Crippen molar-refractivity contribution in [1.29, 1.82) is 0 Å². The third-order valence-corrected chi connectivity index (χ3v) is 6.15. The smallest absolute Gasteiger partial charge is 0.303 e. The number of amides is 1. The predicted molar refractivity (Wildman–Crippen MR) is 122 cm³/mol. The molecule has 0 aliphatic carbocycles. The molecule has 1 fully saturated rings. The molecule has 1 aliphatic heterocycles. The Balaban J connectivity index is 2.38. The van der Waals surface area contributed by atoms with Gasteiger partial charge in [0.25, 0.3) is 10.1 Å². The number of hydrogen-bond acceptors (Lipinski definition) is 11. The number of esters is 2. The van der Waals surface area contributed by atoms with Crippen molar-refractivity contribution < 1.29 is 45.9 Å². The van der Waals surface area contributed by atoms with Crippen LogP contribution in [0.4, 0.5) is 0 Å². The van der Waals surface area contributed by atoms with Gasteiger partial charge in [0, 0.05) is 32.2 Å². The summed E-state index contributed by atoms with van der Waals surface area (Å²) in [6.07, 6.45) is -5.31. The third-order valence-electron chi connectivity index (χ3n) is 4.85. The van der Waals surface area contributed by atoms with Crippen LogP contribution in [0.25, 0.3) is 10.4 Å². The van der Waals surface area contributed by atoms with E-state index in [2.05, 4.69) is 15.3 Å². The van der Waals surface area contributed by atoms with E-state index in [1.807, 2.05) is 0 Å². The summed E-state index contributed by atoms with van der Waals surface area (Å²) in [5.74, 6) is -2.09. The largest absolute Gasteiger partial charge is 0.456 e. The highest BCUT2D eigenvalue weighted by Gasteiger charge is 2.51. The summed E-state index contributed by atoms with van der Waals surface area (Å²) in [6.45, 7) is 4.32. The number of azide groups is 1. The van der Waals surface area contributed by atoms with Crippen LogP contribution in [0.1, 0.15) is 26.3 Å². The van der Waals surface area contributed by atoms with E-state index in [0.717, 1.165) is 19.4 Å². The summed E-state index contributed by atoms with van der Waals surface area (Å²) in [6, 6.07) is 4.76. The molecular formula is C21H28N4O10S. The number of rotatable bonds is 11. The summed E-state index contributed by atoms with van der Waals surface area (Å²) >= 11 is 0. The van der Waals surface area contributed by atoms with Crippen LogP contribution in [0.5, 0.6) is 0 Å². The molecule has 5 atom stereocenters. The van der Waals surface area contributed by atoms with Crippen LogP contribution in [0.2, 0.25) is 0 Å². The van der Waals surface area contributed by atoms with Gasteiger partial charge >= 0.3 is 11.9 Å². The van der Waals surface area contributed by atoms with Gasteiger partial charge in [0.1, 0.15) is 12.1 Å². The Kier molecular flexibility index (Phi) is 10.6. The number of aryl methyl sites for hydroxylation is 1. The number of nitrogens with zero attached hydrogens (tertiary/aromatic N) is 3. The maximum absolute atomic E-state index is 12.7. The van der Waals surface area contributed by atoms with Crippen LogP contribution in [-0.4, -0.2) is 76.7 Å². The van der Waals surface area contributed by atoms with E-state index in [0.29, 0.717) is 0 Å². The first kappa shape index (κ1) is 29.0. The molecule has 1 aliphatic rings. The Morgan fingerprint density at radius 2 is 1.69 bits per heavy atom. The molecule has 0 aromatic heterocycles. The lowest BCUT2D eigenvalue weighted by Crippen LogP contribution is -2.66. The fourth-order valence-electron chi connectivity index (χ4n) is 3.42. The zero-order chi connectivity index (χ0) is 26.9. The molecule has 0 radical (unpaired) electrons. The highest BCUT2D eigenvalue weighted by molar-refractivity contribution is 7.86. The Morgan fingerprint density at radius 1 is 1.08 bits per heavy atom. The molecule has 0 unspecified atom stereocenters. The minimum atomic E-state index is -4.24. The van der Waals surface area contributed by atoms with Crippen molar-refractivity contribution in [2.24, 2.45) is 5.11 Å². The Bertz CT molecular complexity index is 1090. The SMILES string of the molecule is CC(=O)N[C@H]1[C@@H](OCCN=[N+]=[N-])O[C@H](COS(=O)(=O)c2ccc(C)cc2)[C@@H](OC(C)=O)[C@@H]1OC(C)=O. The monoisotopic (exact) mass is 528 g/mol. The molecule has 1 aromatic rings. The lowest BCUT2D eigenvalue weighted by atomic mass is 9.96. The summed E-state index contributed by atoms with van der Waals surface area (Å²) < 4.78 is 52.7. The van der Waals surface area contributed by atoms with Gasteiger partial charge in [-0.3, -0.25) is 18.6 Å². The second kappa shape index (κ2) is 13.2. The second-order valence-electron chi connectivity index (χ2n) is 7.79. The summed E-state index contributed by atoms with van der Waals surface area (Å²) in [7, 11) is -4.24. The lowest BCUT2D eigenvalue weighted by molar-refractivity contribution is -0.274. The lowest BCUT2D eigenvalue weighted by Gasteiger charge is -2.45. The average Bonchev–Trinajstić information content (AvgIpc) is 2.78. The van der Waals surface area contributed by atoms with Gasteiger partial charge < -0.3 is 24.3 Å². The number of hydrogen-bond donors (Lipinski definition) is 1. The van der Waals surface area contributed by atoms with E-state index < -0.39 is 65.2 Å². The van der Waals surface area contributed by atoms with Crippen LogP contribution in [0.15, 0.2) is 34.3 Å². The van der Waals surface area contributed by atoms with Crippen LogP contribution < -0.4 is 5.32 Å². The topological polar surface area (TPSA) is 192 Å². The van der Waals surface area contributed by atoms with Crippen molar-refractivity contribution in [3.05, 3.63) is 40.3 Å². The quantitative estimate of drug-likeness (QED) is 0.109. The van der Waals surface area contributed by atoms with Crippen LogP contribution in [0.3, 0.4) is 0 Å². The van der Waals surface area contributed by atoms with E-state index in [1.54, 1.807) is 19.1 Å². The van der Waals surface area contributed by atoms with E-state index in [9.17, 15) is 22.8 Å². The van der Waals surface area contributed by atoms with Gasteiger partial charge in [-0.2, -0.15) is 8.42 Å². The van der Waals surface area contributed by atoms with Crippen molar-refractivity contribution in [3.8, 4) is 0 Å². The minimum Gasteiger partial charge on any atom is -0.456 e. The molecule has 2 rings (SSSR count). The fraction of sp³-hybridized carbons (Fsp3) is 0.571. The second-order valence-corrected chi connectivity index (χ2v) is 9.41.